The van der Waals surface area contributed by atoms with Gasteiger partial charge in [0.25, 0.3) is 0 Å². The topological polar surface area (TPSA) is 107 Å². The van der Waals surface area contributed by atoms with E-state index in [4.69, 9.17) is 5.73 Å². The zero-order valence-corrected chi connectivity index (χ0v) is 19.2. The predicted molar refractivity (Wildman–Crippen MR) is 131 cm³/mol. The zero-order valence-electron chi connectivity index (χ0n) is 18.4. The molecule has 0 saturated heterocycles. The van der Waals surface area contributed by atoms with Gasteiger partial charge in [-0.05, 0) is 34.9 Å². The first-order chi connectivity index (χ1) is 16.4. The first kappa shape index (κ1) is 21.9. The molecular weight excluding hydrogens is 448 g/mol. The number of ketones is 1. The Kier molecular flexibility index (Phi) is 5.47. The number of carbonyl (C=O) groups excluding carboxylic acids is 1. The fraction of sp³-hybridized carbons (Fsp3) is 0.115. The van der Waals surface area contributed by atoms with Crippen molar-refractivity contribution >= 4 is 21.8 Å². The minimum Gasteiger partial charge on any atom is -0.326 e. The van der Waals surface area contributed by atoms with Crippen LogP contribution >= 0.6 is 0 Å². The molecule has 0 bridgehead atoms. The molecule has 0 fully saturated rings. The average Bonchev–Trinajstić information content (AvgIpc) is 3.29. The summed E-state index contributed by atoms with van der Waals surface area (Å²) in [4.78, 5) is 22.6. The number of hydrogen-bond acceptors (Lipinski definition) is 6. The molecule has 170 valence electrons. The maximum atomic E-state index is 13.5. The van der Waals surface area contributed by atoms with E-state index in [0.29, 0.717) is 23.5 Å². The molecule has 8 heteroatoms. The number of imidazole rings is 1. The highest BCUT2D eigenvalue weighted by Crippen LogP contribution is 2.32. The number of rotatable bonds is 5. The van der Waals surface area contributed by atoms with Gasteiger partial charge in [-0.2, -0.15) is 0 Å². The molecule has 1 aliphatic heterocycles. The molecule has 4 aromatic rings. The Bertz CT molecular complexity index is 1540. The highest BCUT2D eigenvalue weighted by atomic mass is 32.2. The molecule has 1 aromatic heterocycles. The molecule has 34 heavy (non-hydrogen) atoms. The van der Waals surface area contributed by atoms with Gasteiger partial charge in [0.15, 0.2) is 9.84 Å². The number of hydrogen-bond donors (Lipinski definition) is 1. The fourth-order valence-corrected chi connectivity index (χ4v) is 5.10. The van der Waals surface area contributed by atoms with E-state index in [1.54, 1.807) is 41.4 Å². The van der Waals surface area contributed by atoms with Crippen LogP contribution in [-0.2, 0) is 16.4 Å². The molecular formula is C26H22N4O3S. The van der Waals surface area contributed by atoms with Crippen molar-refractivity contribution in [1.29, 1.82) is 0 Å². The van der Waals surface area contributed by atoms with Gasteiger partial charge in [0, 0.05) is 24.1 Å². The Hall–Kier alpha value is -3.88. The Labute approximate surface area is 197 Å². The van der Waals surface area contributed by atoms with Crippen molar-refractivity contribution in [2.75, 3.05) is 6.26 Å². The van der Waals surface area contributed by atoms with Gasteiger partial charge in [-0.15, -0.1) is 0 Å². The van der Waals surface area contributed by atoms with Gasteiger partial charge >= 0.3 is 0 Å². The van der Waals surface area contributed by atoms with Gasteiger partial charge in [-0.3, -0.25) is 14.4 Å². The van der Waals surface area contributed by atoms with E-state index in [9.17, 15) is 13.2 Å². The molecule has 5 rings (SSSR count). The molecule has 0 saturated carbocycles. The SMILES string of the molecule is CS(=O)(=O)c1ccccc1-c1ccc(C2N=Cc3ncn(-c4cccc(CN)c4)c3C2=O)cc1. The van der Waals surface area contributed by atoms with E-state index in [1.807, 2.05) is 48.5 Å². The maximum Gasteiger partial charge on any atom is 0.210 e. The third-order valence-electron chi connectivity index (χ3n) is 5.87. The smallest absolute Gasteiger partial charge is 0.210 e. The lowest BCUT2D eigenvalue weighted by Crippen LogP contribution is -2.20. The predicted octanol–water partition coefficient (Wildman–Crippen LogP) is 3.76. The van der Waals surface area contributed by atoms with E-state index in [0.717, 1.165) is 22.4 Å². The van der Waals surface area contributed by atoms with Crippen LogP contribution in [0.15, 0.2) is 89.0 Å². The summed E-state index contributed by atoms with van der Waals surface area (Å²) >= 11 is 0. The van der Waals surface area contributed by atoms with Crippen LogP contribution in [0, 0.1) is 0 Å². The third-order valence-corrected chi connectivity index (χ3v) is 7.03. The molecule has 0 spiro atoms. The fourth-order valence-electron chi connectivity index (χ4n) is 4.18. The van der Waals surface area contributed by atoms with Crippen LogP contribution in [0.25, 0.3) is 16.8 Å². The first-order valence-electron chi connectivity index (χ1n) is 10.7. The molecule has 0 aliphatic carbocycles. The van der Waals surface area contributed by atoms with E-state index in [1.165, 1.54) is 6.26 Å². The van der Waals surface area contributed by atoms with Crippen molar-refractivity contribution < 1.29 is 13.2 Å². The summed E-state index contributed by atoms with van der Waals surface area (Å²) in [5.74, 6) is -0.155. The minimum absolute atomic E-state index is 0.155. The number of nitrogens with two attached hydrogens (primary N) is 1. The van der Waals surface area contributed by atoms with Crippen LogP contribution in [0.3, 0.4) is 0 Å². The molecule has 1 atom stereocenters. The van der Waals surface area contributed by atoms with Crippen LogP contribution in [0.1, 0.15) is 33.4 Å². The number of Topliss-reactive ketones (excluding diaryl/α,β-unsaturated/α-hetero) is 1. The number of sulfone groups is 1. The van der Waals surface area contributed by atoms with E-state index in [2.05, 4.69) is 9.98 Å². The molecule has 0 amide bonds. The van der Waals surface area contributed by atoms with Crippen molar-refractivity contribution in [3.8, 4) is 16.8 Å². The molecule has 3 aromatic carbocycles. The van der Waals surface area contributed by atoms with Gasteiger partial charge in [0.2, 0.25) is 5.78 Å². The van der Waals surface area contributed by atoms with Gasteiger partial charge in [-0.25, -0.2) is 13.4 Å². The number of aliphatic imine (C=N–C) groups is 1. The molecule has 0 radical (unpaired) electrons. The Morgan fingerprint density at radius 3 is 2.50 bits per heavy atom. The van der Waals surface area contributed by atoms with Gasteiger partial charge in [0.1, 0.15) is 23.8 Å². The average molecular weight is 471 g/mol. The quantitative estimate of drug-likeness (QED) is 0.478. The van der Waals surface area contributed by atoms with E-state index in [-0.39, 0.29) is 10.7 Å². The van der Waals surface area contributed by atoms with E-state index < -0.39 is 15.9 Å². The Balaban J connectivity index is 1.49. The maximum absolute atomic E-state index is 13.5. The van der Waals surface area contributed by atoms with Crippen LogP contribution < -0.4 is 5.73 Å². The van der Waals surface area contributed by atoms with Crippen molar-refractivity contribution in [3.63, 3.8) is 0 Å². The molecule has 2 heterocycles. The molecule has 1 aliphatic rings. The van der Waals surface area contributed by atoms with Gasteiger partial charge in [0.05, 0.1) is 11.1 Å². The summed E-state index contributed by atoms with van der Waals surface area (Å²) in [6.45, 7) is 0.400. The number of carbonyl (C=O) groups is 1. The summed E-state index contributed by atoms with van der Waals surface area (Å²) in [5, 5.41) is 0. The summed E-state index contributed by atoms with van der Waals surface area (Å²) in [7, 11) is -3.38. The lowest BCUT2D eigenvalue weighted by molar-refractivity contribution is 0.0953. The number of fused-ring (bicyclic) bond motifs is 1. The normalized spacial score (nSPS) is 15.4. The van der Waals surface area contributed by atoms with E-state index >= 15 is 0 Å². The van der Waals surface area contributed by atoms with Crippen molar-refractivity contribution in [3.05, 3.63) is 102 Å². The molecule has 1 unspecified atom stereocenters. The third kappa shape index (κ3) is 3.87. The number of nitrogens with zero attached hydrogens (tertiary/aromatic N) is 3. The second-order valence-corrected chi connectivity index (χ2v) is 10.1. The largest absolute Gasteiger partial charge is 0.326 e. The second kappa shape index (κ2) is 8.48. The summed E-state index contributed by atoms with van der Waals surface area (Å²) in [5.41, 5.74) is 10.6. The summed E-state index contributed by atoms with van der Waals surface area (Å²) in [6.07, 6.45) is 4.44. The Morgan fingerprint density at radius 2 is 1.76 bits per heavy atom. The summed E-state index contributed by atoms with van der Waals surface area (Å²) in [6, 6.07) is 21.1. The van der Waals surface area contributed by atoms with Gasteiger partial charge in [-0.1, -0.05) is 54.6 Å². The molecule has 7 nitrogen and oxygen atoms in total. The lowest BCUT2D eigenvalue weighted by Gasteiger charge is -2.18. The van der Waals surface area contributed by atoms with Crippen LogP contribution in [0.5, 0.6) is 0 Å². The van der Waals surface area contributed by atoms with Crippen LogP contribution in [-0.4, -0.2) is 36.2 Å². The Morgan fingerprint density at radius 1 is 1.00 bits per heavy atom. The highest BCUT2D eigenvalue weighted by Gasteiger charge is 2.31. The minimum atomic E-state index is -3.38. The van der Waals surface area contributed by atoms with Gasteiger partial charge < -0.3 is 5.73 Å². The zero-order chi connectivity index (χ0) is 23.9. The lowest BCUT2D eigenvalue weighted by atomic mass is 9.95. The van der Waals surface area contributed by atoms with Crippen molar-refractivity contribution in [1.82, 2.24) is 9.55 Å². The molecule has 2 N–H and O–H groups in total. The highest BCUT2D eigenvalue weighted by molar-refractivity contribution is 7.90. The first-order valence-corrected chi connectivity index (χ1v) is 12.6. The standard InChI is InChI=1S/C26H22N4O3S/c1-34(32,33)23-8-3-2-7-21(23)18-9-11-19(12-10-18)24-26(31)25-22(15-28-24)29-16-30(25)20-6-4-5-17(13-20)14-27/h2-13,15-16,24H,14,27H2,1H3. The van der Waals surface area contributed by atoms with Crippen molar-refractivity contribution in [2.24, 2.45) is 10.7 Å². The summed E-state index contributed by atoms with van der Waals surface area (Å²) < 4.78 is 26.1. The monoisotopic (exact) mass is 470 g/mol. The number of benzene rings is 3. The van der Waals surface area contributed by atoms with Crippen molar-refractivity contribution in [2.45, 2.75) is 17.5 Å². The number of aromatic nitrogens is 2. The second-order valence-electron chi connectivity index (χ2n) is 8.16. The van der Waals surface area contributed by atoms with Crippen LogP contribution in [0.4, 0.5) is 0 Å². The van der Waals surface area contributed by atoms with Crippen LogP contribution in [0.2, 0.25) is 0 Å².